The molecular weight excluding hydrogens is 354 g/mol. The Labute approximate surface area is 155 Å². The number of sulfone groups is 1. The van der Waals surface area contributed by atoms with Crippen molar-refractivity contribution in [3.8, 4) is 0 Å². The molecule has 0 saturated carbocycles. The molecule has 2 aliphatic heterocycles. The highest BCUT2D eigenvalue weighted by atomic mass is 32.2. The standard InChI is InChI=1S/C17H29N5O3S/c1-3-22(15-4-11-26(23,24)13-15)17-12-16(19-14(2)20-17)18-5-6-21-7-9-25-10-8-21/h12,15H,3-11,13H2,1-2H3,(H,18,19,20). The number of anilines is 2. The van der Waals surface area contributed by atoms with Gasteiger partial charge in [-0.25, -0.2) is 18.4 Å². The number of ether oxygens (including phenoxy) is 1. The van der Waals surface area contributed by atoms with Crippen LogP contribution in [0.25, 0.3) is 0 Å². The van der Waals surface area contributed by atoms with Gasteiger partial charge in [0.1, 0.15) is 17.5 Å². The molecule has 1 aromatic rings. The first-order valence-electron chi connectivity index (χ1n) is 9.33. The molecule has 0 aromatic carbocycles. The van der Waals surface area contributed by atoms with Crippen LogP contribution in [0, 0.1) is 6.92 Å². The van der Waals surface area contributed by atoms with Crippen molar-refractivity contribution in [1.29, 1.82) is 0 Å². The molecule has 0 amide bonds. The summed E-state index contributed by atoms with van der Waals surface area (Å²) in [7, 11) is -2.92. The molecule has 3 heterocycles. The topological polar surface area (TPSA) is 87.7 Å². The van der Waals surface area contributed by atoms with Crippen molar-refractivity contribution in [3.05, 3.63) is 11.9 Å². The number of aromatic nitrogens is 2. The van der Waals surface area contributed by atoms with Gasteiger partial charge in [0, 0.05) is 44.8 Å². The molecular formula is C17H29N5O3S. The second kappa shape index (κ2) is 8.49. The van der Waals surface area contributed by atoms with Gasteiger partial charge in [0.15, 0.2) is 9.84 Å². The van der Waals surface area contributed by atoms with Crippen LogP contribution in [-0.4, -0.2) is 86.8 Å². The lowest BCUT2D eigenvalue weighted by Gasteiger charge is -2.29. The van der Waals surface area contributed by atoms with Crippen molar-refractivity contribution in [3.63, 3.8) is 0 Å². The van der Waals surface area contributed by atoms with E-state index in [1.165, 1.54) is 0 Å². The van der Waals surface area contributed by atoms with Gasteiger partial charge in [-0.05, 0) is 20.3 Å². The first-order valence-corrected chi connectivity index (χ1v) is 11.2. The Bertz CT molecular complexity index is 706. The maximum atomic E-state index is 11.8. The Balaban J connectivity index is 1.64. The fraction of sp³-hybridized carbons (Fsp3) is 0.765. The molecule has 2 aliphatic rings. The van der Waals surface area contributed by atoms with Crippen LogP contribution in [0.1, 0.15) is 19.2 Å². The van der Waals surface area contributed by atoms with Crippen molar-refractivity contribution >= 4 is 21.5 Å². The van der Waals surface area contributed by atoms with Gasteiger partial charge in [0.25, 0.3) is 0 Å². The maximum absolute atomic E-state index is 11.8. The molecule has 1 unspecified atom stereocenters. The average Bonchev–Trinajstić information content (AvgIpc) is 2.96. The molecule has 2 fully saturated rings. The minimum atomic E-state index is -2.92. The van der Waals surface area contributed by atoms with Crippen LogP contribution < -0.4 is 10.2 Å². The molecule has 8 nitrogen and oxygen atoms in total. The Hall–Kier alpha value is -1.45. The fourth-order valence-corrected chi connectivity index (χ4v) is 5.32. The van der Waals surface area contributed by atoms with Crippen LogP contribution in [0.3, 0.4) is 0 Å². The second-order valence-corrected chi connectivity index (χ2v) is 9.11. The highest BCUT2D eigenvalue weighted by Crippen LogP contribution is 2.24. The van der Waals surface area contributed by atoms with Gasteiger partial charge in [-0.1, -0.05) is 0 Å². The van der Waals surface area contributed by atoms with E-state index in [1.54, 1.807) is 0 Å². The smallest absolute Gasteiger partial charge is 0.152 e. The summed E-state index contributed by atoms with van der Waals surface area (Å²) in [6.07, 6.45) is 0.666. The third-order valence-corrected chi connectivity index (χ3v) is 6.70. The highest BCUT2D eigenvalue weighted by Gasteiger charge is 2.32. The van der Waals surface area contributed by atoms with E-state index in [9.17, 15) is 8.42 Å². The van der Waals surface area contributed by atoms with Crippen LogP contribution in [0.15, 0.2) is 6.07 Å². The summed E-state index contributed by atoms with van der Waals surface area (Å²) in [5.41, 5.74) is 0. The van der Waals surface area contributed by atoms with Crippen LogP contribution in [0.2, 0.25) is 0 Å². The van der Waals surface area contributed by atoms with E-state index in [2.05, 4.69) is 25.1 Å². The average molecular weight is 384 g/mol. The molecule has 0 radical (unpaired) electrons. The summed E-state index contributed by atoms with van der Waals surface area (Å²) in [6, 6.07) is 1.93. The third-order valence-electron chi connectivity index (χ3n) is 4.95. The lowest BCUT2D eigenvalue weighted by Crippen LogP contribution is -2.39. The van der Waals surface area contributed by atoms with Crippen molar-refractivity contribution in [2.24, 2.45) is 0 Å². The van der Waals surface area contributed by atoms with Crippen molar-refractivity contribution in [1.82, 2.24) is 14.9 Å². The largest absolute Gasteiger partial charge is 0.379 e. The number of nitrogens with one attached hydrogen (secondary N) is 1. The number of hydrogen-bond donors (Lipinski definition) is 1. The van der Waals surface area contributed by atoms with E-state index in [1.807, 2.05) is 19.9 Å². The molecule has 1 aromatic heterocycles. The molecule has 26 heavy (non-hydrogen) atoms. The van der Waals surface area contributed by atoms with E-state index < -0.39 is 9.84 Å². The van der Waals surface area contributed by atoms with Crippen molar-refractivity contribution < 1.29 is 13.2 Å². The van der Waals surface area contributed by atoms with Gasteiger partial charge in [-0.3, -0.25) is 4.90 Å². The van der Waals surface area contributed by atoms with Crippen LogP contribution in [0.5, 0.6) is 0 Å². The monoisotopic (exact) mass is 383 g/mol. The SMILES string of the molecule is CCN(c1cc(NCCN2CCOCC2)nc(C)n1)C1CCS(=O)(=O)C1. The van der Waals surface area contributed by atoms with E-state index in [0.29, 0.717) is 12.2 Å². The number of aryl methyl sites for hydroxylation is 1. The Morgan fingerprint density at radius 3 is 2.77 bits per heavy atom. The molecule has 9 heteroatoms. The van der Waals surface area contributed by atoms with Crippen LogP contribution in [0.4, 0.5) is 11.6 Å². The molecule has 146 valence electrons. The van der Waals surface area contributed by atoms with E-state index >= 15 is 0 Å². The molecule has 0 spiro atoms. The number of morpholine rings is 1. The van der Waals surface area contributed by atoms with Gasteiger partial charge < -0.3 is 15.0 Å². The lowest BCUT2D eigenvalue weighted by atomic mass is 10.2. The van der Waals surface area contributed by atoms with Gasteiger partial charge in [0.2, 0.25) is 0 Å². The lowest BCUT2D eigenvalue weighted by molar-refractivity contribution is 0.0398. The summed E-state index contributed by atoms with van der Waals surface area (Å²) < 4.78 is 29.0. The number of hydrogen-bond acceptors (Lipinski definition) is 8. The summed E-state index contributed by atoms with van der Waals surface area (Å²) in [4.78, 5) is 13.5. The summed E-state index contributed by atoms with van der Waals surface area (Å²) in [5.74, 6) is 2.76. The third kappa shape index (κ3) is 5.05. The first-order chi connectivity index (χ1) is 12.5. The molecule has 1 N–H and O–H groups in total. The minimum Gasteiger partial charge on any atom is -0.379 e. The number of nitrogens with zero attached hydrogens (tertiary/aromatic N) is 4. The minimum absolute atomic E-state index is 0.000463. The Morgan fingerprint density at radius 1 is 1.35 bits per heavy atom. The van der Waals surface area contributed by atoms with Crippen LogP contribution in [-0.2, 0) is 14.6 Å². The highest BCUT2D eigenvalue weighted by molar-refractivity contribution is 7.91. The zero-order valence-corrected chi connectivity index (χ0v) is 16.5. The van der Waals surface area contributed by atoms with E-state index in [-0.39, 0.29) is 17.5 Å². The molecule has 1 atom stereocenters. The van der Waals surface area contributed by atoms with Crippen LogP contribution >= 0.6 is 0 Å². The van der Waals surface area contributed by atoms with Gasteiger partial charge in [-0.15, -0.1) is 0 Å². The summed E-state index contributed by atoms with van der Waals surface area (Å²) in [6.45, 7) is 9.91. The zero-order chi connectivity index (χ0) is 18.6. The fourth-order valence-electron chi connectivity index (χ4n) is 3.58. The van der Waals surface area contributed by atoms with E-state index in [4.69, 9.17) is 4.74 Å². The Morgan fingerprint density at radius 2 is 2.12 bits per heavy atom. The first kappa shape index (κ1) is 19.3. The molecule has 3 rings (SSSR count). The van der Waals surface area contributed by atoms with Gasteiger partial charge in [0.05, 0.1) is 24.7 Å². The summed E-state index contributed by atoms with van der Waals surface area (Å²) >= 11 is 0. The molecule has 0 bridgehead atoms. The van der Waals surface area contributed by atoms with Gasteiger partial charge >= 0.3 is 0 Å². The normalized spacial score (nSPS) is 23.1. The maximum Gasteiger partial charge on any atom is 0.152 e. The molecule has 0 aliphatic carbocycles. The number of rotatable bonds is 7. The second-order valence-electron chi connectivity index (χ2n) is 6.88. The predicted molar refractivity (Wildman–Crippen MR) is 103 cm³/mol. The van der Waals surface area contributed by atoms with E-state index in [0.717, 1.165) is 57.6 Å². The Kier molecular flexibility index (Phi) is 6.31. The van der Waals surface area contributed by atoms with Crippen molar-refractivity contribution in [2.45, 2.75) is 26.3 Å². The molecule has 2 saturated heterocycles. The summed E-state index contributed by atoms with van der Waals surface area (Å²) in [5, 5.41) is 3.38. The zero-order valence-electron chi connectivity index (χ0n) is 15.6. The van der Waals surface area contributed by atoms with Crippen molar-refractivity contribution in [2.75, 3.05) is 67.7 Å². The van der Waals surface area contributed by atoms with Gasteiger partial charge in [-0.2, -0.15) is 0 Å². The quantitative estimate of drug-likeness (QED) is 0.730. The predicted octanol–water partition coefficient (Wildman–Crippen LogP) is 0.543.